The predicted octanol–water partition coefficient (Wildman–Crippen LogP) is 3.54. The molecule has 1 aromatic heterocycles. The number of rotatable bonds is 11. The second kappa shape index (κ2) is 11.4. The van der Waals surface area contributed by atoms with Gasteiger partial charge < -0.3 is 31.2 Å². The molecule has 0 aliphatic carbocycles. The first-order valence-electron chi connectivity index (χ1n) is 11.6. The lowest BCUT2D eigenvalue weighted by Crippen LogP contribution is -2.45. The fraction of sp³-hybridized carbons (Fsp3) is 0.520. The molecule has 2 aromatic rings. The van der Waals surface area contributed by atoms with Crippen LogP contribution in [0.15, 0.2) is 47.6 Å². The van der Waals surface area contributed by atoms with Crippen LogP contribution in [0.1, 0.15) is 46.1 Å². The summed E-state index contributed by atoms with van der Waals surface area (Å²) >= 11 is 0. The zero-order valence-electron chi connectivity index (χ0n) is 20.3. The van der Waals surface area contributed by atoms with Crippen LogP contribution in [-0.2, 0) is 11.3 Å². The number of aromatic nitrogens is 1. The normalized spacial score (nSPS) is 15.5. The standard InChI is InChI=1S/C25H38N6O2/c1-18(9-8-12-28-20(14-26)17-32-25(2,3)4)31-16-19-13-23(29-15-22(19)30-24(31)27)33-21-10-6-5-7-11-21/h5-7,10-11,13,15,18,20,28H,8-9,12,14,16-17,26H2,1-4H3,(H2,27,30)/t18-,20+/m1/s1. The van der Waals surface area contributed by atoms with Crippen LogP contribution in [-0.4, -0.2) is 53.2 Å². The number of fused-ring (bicyclic) bond motifs is 1. The van der Waals surface area contributed by atoms with Gasteiger partial charge in [0.2, 0.25) is 5.88 Å². The van der Waals surface area contributed by atoms with Gasteiger partial charge in [0.1, 0.15) is 5.75 Å². The number of benzene rings is 1. The molecule has 0 fully saturated rings. The molecule has 0 spiro atoms. The van der Waals surface area contributed by atoms with Gasteiger partial charge in [0.25, 0.3) is 0 Å². The number of nitrogens with two attached hydrogens (primary N) is 2. The molecule has 1 aliphatic rings. The van der Waals surface area contributed by atoms with Crippen molar-refractivity contribution in [2.75, 3.05) is 19.7 Å². The molecular formula is C25H38N6O2. The van der Waals surface area contributed by atoms with Crippen LogP contribution in [0.5, 0.6) is 11.6 Å². The average molecular weight is 455 g/mol. The molecule has 3 rings (SSSR count). The lowest BCUT2D eigenvalue weighted by molar-refractivity contribution is -0.0133. The molecule has 8 heteroatoms. The van der Waals surface area contributed by atoms with Crippen molar-refractivity contribution in [2.45, 2.75) is 64.8 Å². The Balaban J connectivity index is 1.51. The lowest BCUT2D eigenvalue weighted by atomic mass is 10.1. The Bertz CT molecular complexity index is 913. The highest BCUT2D eigenvalue weighted by Crippen LogP contribution is 2.30. The summed E-state index contributed by atoms with van der Waals surface area (Å²) in [6.45, 7) is 11.1. The van der Waals surface area contributed by atoms with E-state index in [1.165, 1.54) is 0 Å². The molecule has 180 valence electrons. The molecule has 2 heterocycles. The van der Waals surface area contributed by atoms with Crippen LogP contribution in [0.2, 0.25) is 0 Å². The molecule has 5 N–H and O–H groups in total. The molecule has 1 aromatic carbocycles. The second-order valence-corrected chi connectivity index (χ2v) is 9.47. The van der Waals surface area contributed by atoms with Gasteiger partial charge in [-0.3, -0.25) is 0 Å². The van der Waals surface area contributed by atoms with E-state index in [4.69, 9.17) is 20.9 Å². The van der Waals surface area contributed by atoms with Crippen LogP contribution < -0.4 is 21.5 Å². The SMILES string of the molecule is C[C@H](CCCN[C@@H](CN)COC(C)(C)C)N1Cc2cc(Oc3ccccc3)ncc2N=C1N. The highest BCUT2D eigenvalue weighted by atomic mass is 16.5. The Hall–Kier alpha value is -2.68. The summed E-state index contributed by atoms with van der Waals surface area (Å²) < 4.78 is 11.7. The monoisotopic (exact) mass is 454 g/mol. The fourth-order valence-electron chi connectivity index (χ4n) is 3.61. The summed E-state index contributed by atoms with van der Waals surface area (Å²) in [7, 11) is 0. The van der Waals surface area contributed by atoms with Crippen molar-refractivity contribution in [3.8, 4) is 11.6 Å². The number of para-hydroxylation sites is 1. The van der Waals surface area contributed by atoms with E-state index in [0.29, 0.717) is 31.5 Å². The van der Waals surface area contributed by atoms with Gasteiger partial charge in [-0.15, -0.1) is 0 Å². The predicted molar refractivity (Wildman–Crippen MR) is 133 cm³/mol. The maximum absolute atomic E-state index is 6.28. The van der Waals surface area contributed by atoms with Crippen LogP contribution >= 0.6 is 0 Å². The van der Waals surface area contributed by atoms with Crippen LogP contribution in [0, 0.1) is 0 Å². The molecule has 0 radical (unpaired) electrons. The maximum atomic E-state index is 6.28. The van der Waals surface area contributed by atoms with Crippen molar-refractivity contribution in [2.24, 2.45) is 16.5 Å². The van der Waals surface area contributed by atoms with E-state index in [9.17, 15) is 0 Å². The van der Waals surface area contributed by atoms with Gasteiger partial charge in [0.15, 0.2) is 5.96 Å². The van der Waals surface area contributed by atoms with Gasteiger partial charge >= 0.3 is 0 Å². The summed E-state index contributed by atoms with van der Waals surface area (Å²) in [5.41, 5.74) is 13.9. The van der Waals surface area contributed by atoms with Crippen molar-refractivity contribution in [3.63, 3.8) is 0 Å². The summed E-state index contributed by atoms with van der Waals surface area (Å²) in [5, 5.41) is 3.50. The number of hydrogen-bond donors (Lipinski definition) is 3. The molecule has 0 saturated heterocycles. The van der Waals surface area contributed by atoms with Gasteiger partial charge in [-0.25, -0.2) is 9.98 Å². The summed E-state index contributed by atoms with van der Waals surface area (Å²) in [6, 6.07) is 12.0. The first-order chi connectivity index (χ1) is 15.7. The Kier molecular flexibility index (Phi) is 8.66. The Morgan fingerprint density at radius 2 is 1.97 bits per heavy atom. The zero-order chi connectivity index (χ0) is 23.8. The van der Waals surface area contributed by atoms with Crippen LogP contribution in [0.3, 0.4) is 0 Å². The molecule has 8 nitrogen and oxygen atoms in total. The first-order valence-corrected chi connectivity index (χ1v) is 11.6. The van der Waals surface area contributed by atoms with Gasteiger partial charge in [-0.1, -0.05) is 18.2 Å². The highest BCUT2D eigenvalue weighted by Gasteiger charge is 2.23. The zero-order valence-corrected chi connectivity index (χ0v) is 20.3. The minimum absolute atomic E-state index is 0.156. The lowest BCUT2D eigenvalue weighted by Gasteiger charge is -2.33. The van der Waals surface area contributed by atoms with Crippen LogP contribution in [0.4, 0.5) is 5.69 Å². The van der Waals surface area contributed by atoms with E-state index in [2.05, 4.69) is 47.9 Å². The van der Waals surface area contributed by atoms with Crippen molar-refractivity contribution >= 4 is 11.6 Å². The Morgan fingerprint density at radius 3 is 2.67 bits per heavy atom. The molecule has 0 bridgehead atoms. The number of guanidine groups is 1. The van der Waals surface area contributed by atoms with E-state index in [1.54, 1.807) is 6.20 Å². The minimum atomic E-state index is -0.160. The Labute approximate surface area is 197 Å². The van der Waals surface area contributed by atoms with E-state index in [-0.39, 0.29) is 17.7 Å². The van der Waals surface area contributed by atoms with Gasteiger partial charge in [0.05, 0.1) is 24.1 Å². The second-order valence-electron chi connectivity index (χ2n) is 9.47. The molecule has 0 unspecified atom stereocenters. The number of hydrogen-bond acceptors (Lipinski definition) is 8. The van der Waals surface area contributed by atoms with Crippen molar-refractivity contribution < 1.29 is 9.47 Å². The molecule has 1 aliphatic heterocycles. The highest BCUT2D eigenvalue weighted by molar-refractivity contribution is 5.83. The number of nitrogens with zero attached hydrogens (tertiary/aromatic N) is 3. The number of pyridine rings is 1. The Morgan fingerprint density at radius 1 is 1.21 bits per heavy atom. The molecule has 2 atom stereocenters. The van der Waals surface area contributed by atoms with Crippen molar-refractivity contribution in [3.05, 3.63) is 48.2 Å². The smallest absolute Gasteiger partial charge is 0.219 e. The third kappa shape index (κ3) is 7.70. The molecule has 0 amide bonds. The third-order valence-corrected chi connectivity index (χ3v) is 5.54. The maximum Gasteiger partial charge on any atom is 0.219 e. The van der Waals surface area contributed by atoms with E-state index < -0.39 is 0 Å². The average Bonchev–Trinajstić information content (AvgIpc) is 2.78. The third-order valence-electron chi connectivity index (χ3n) is 5.54. The van der Waals surface area contributed by atoms with Crippen molar-refractivity contribution in [1.82, 2.24) is 15.2 Å². The van der Waals surface area contributed by atoms with E-state index >= 15 is 0 Å². The minimum Gasteiger partial charge on any atom is -0.439 e. The van der Waals surface area contributed by atoms with Gasteiger partial charge in [-0.2, -0.15) is 0 Å². The summed E-state index contributed by atoms with van der Waals surface area (Å²) in [5.74, 6) is 1.84. The quantitative estimate of drug-likeness (QED) is 0.445. The fourth-order valence-corrected chi connectivity index (χ4v) is 3.61. The molecular weight excluding hydrogens is 416 g/mol. The number of aliphatic imine (C=N–C) groups is 1. The van der Waals surface area contributed by atoms with E-state index in [1.807, 2.05) is 36.4 Å². The van der Waals surface area contributed by atoms with Gasteiger partial charge in [-0.05, 0) is 59.2 Å². The number of ether oxygens (including phenoxy) is 2. The largest absolute Gasteiger partial charge is 0.439 e. The van der Waals surface area contributed by atoms with Crippen LogP contribution in [0.25, 0.3) is 0 Å². The summed E-state index contributed by atoms with van der Waals surface area (Å²) in [4.78, 5) is 11.1. The van der Waals surface area contributed by atoms with Crippen molar-refractivity contribution in [1.29, 1.82) is 0 Å². The first kappa shape index (κ1) is 25.0. The molecule has 0 saturated carbocycles. The van der Waals surface area contributed by atoms with Gasteiger partial charge in [0, 0.05) is 36.8 Å². The topological polar surface area (TPSA) is 111 Å². The molecule has 33 heavy (non-hydrogen) atoms. The number of nitrogens with one attached hydrogen (secondary N) is 1. The summed E-state index contributed by atoms with van der Waals surface area (Å²) in [6.07, 6.45) is 3.70. The van der Waals surface area contributed by atoms with E-state index in [0.717, 1.165) is 36.4 Å².